The highest BCUT2D eigenvalue weighted by Gasteiger charge is 2.16. The fourth-order valence-corrected chi connectivity index (χ4v) is 4.39. The molecule has 0 unspecified atom stereocenters. The average Bonchev–Trinajstić information content (AvgIpc) is 3.35. The Morgan fingerprint density at radius 3 is 2.67 bits per heavy atom. The number of nitrogens with zero attached hydrogens (tertiary/aromatic N) is 5. The zero-order chi connectivity index (χ0) is 20.2. The largest absolute Gasteiger partial charge is 0.367 e. The second-order valence-electron chi connectivity index (χ2n) is 8.18. The molecule has 0 bridgehead atoms. The van der Waals surface area contributed by atoms with Gasteiger partial charge in [-0.15, -0.1) is 0 Å². The minimum Gasteiger partial charge on any atom is -0.367 e. The van der Waals surface area contributed by atoms with Crippen LogP contribution in [0.4, 0.5) is 11.6 Å². The molecule has 1 aliphatic carbocycles. The molecule has 0 aromatic carbocycles. The normalized spacial score (nSPS) is 17.8. The molecule has 2 N–H and O–H groups in total. The molecule has 2 aliphatic rings. The van der Waals surface area contributed by atoms with E-state index in [1.165, 1.54) is 32.1 Å². The van der Waals surface area contributed by atoms with E-state index in [2.05, 4.69) is 43.7 Å². The third-order valence-electron chi connectivity index (χ3n) is 6.05. The molecule has 4 heterocycles. The maximum absolute atomic E-state index is 5.03. The highest BCUT2D eigenvalue weighted by Crippen LogP contribution is 2.28. The number of rotatable bonds is 5. The minimum absolute atomic E-state index is 0.531. The molecular formula is C23H29N7. The Hall–Kier alpha value is -2.93. The summed E-state index contributed by atoms with van der Waals surface area (Å²) in [6.07, 6.45) is 13.9. The molecule has 30 heavy (non-hydrogen) atoms. The van der Waals surface area contributed by atoms with Gasteiger partial charge in [0.05, 0.1) is 17.7 Å². The van der Waals surface area contributed by atoms with Crippen LogP contribution in [0.25, 0.3) is 16.9 Å². The lowest BCUT2D eigenvalue weighted by Gasteiger charge is -2.29. The van der Waals surface area contributed by atoms with Crippen LogP contribution in [0.2, 0.25) is 0 Å². The van der Waals surface area contributed by atoms with Crippen LogP contribution in [0.3, 0.4) is 0 Å². The van der Waals surface area contributed by atoms with Crippen LogP contribution in [0.5, 0.6) is 0 Å². The van der Waals surface area contributed by atoms with Crippen molar-refractivity contribution in [3.8, 4) is 16.9 Å². The first-order valence-electron chi connectivity index (χ1n) is 11.0. The van der Waals surface area contributed by atoms with Crippen LogP contribution in [0.15, 0.2) is 49.2 Å². The van der Waals surface area contributed by atoms with Gasteiger partial charge in [0.1, 0.15) is 11.6 Å². The van der Waals surface area contributed by atoms with Crippen LogP contribution in [-0.2, 0) is 0 Å². The van der Waals surface area contributed by atoms with E-state index in [-0.39, 0.29) is 0 Å². The molecule has 1 saturated heterocycles. The Kier molecular flexibility index (Phi) is 5.61. The van der Waals surface area contributed by atoms with Crippen molar-refractivity contribution in [2.45, 2.75) is 38.1 Å². The van der Waals surface area contributed by atoms with Crippen LogP contribution in [0, 0.1) is 0 Å². The van der Waals surface area contributed by atoms with Crippen molar-refractivity contribution in [1.82, 2.24) is 24.8 Å². The van der Waals surface area contributed by atoms with Crippen molar-refractivity contribution < 1.29 is 0 Å². The molecule has 7 nitrogen and oxygen atoms in total. The Bertz CT molecular complexity index is 957. The van der Waals surface area contributed by atoms with Gasteiger partial charge in [0.25, 0.3) is 0 Å². The quantitative estimate of drug-likeness (QED) is 0.680. The molecule has 156 valence electrons. The lowest BCUT2D eigenvalue weighted by molar-refractivity contribution is 0.462. The Morgan fingerprint density at radius 2 is 1.87 bits per heavy atom. The van der Waals surface area contributed by atoms with Gasteiger partial charge in [0, 0.05) is 62.4 Å². The van der Waals surface area contributed by atoms with Crippen LogP contribution < -0.4 is 15.5 Å². The van der Waals surface area contributed by atoms with Gasteiger partial charge in [-0.25, -0.2) is 15.0 Å². The standard InChI is InChI=1S/C23H29N7/c1-2-4-19(5-3-1)27-22-14-18(6-7-26-22)21-15-20(30-13-10-25-17-30)16-23(28-21)29-11-8-24-9-12-29/h6-7,10,13-17,19,24H,1-5,8-9,11-12H2,(H,26,27). The van der Waals surface area contributed by atoms with Gasteiger partial charge in [-0.2, -0.15) is 0 Å². The van der Waals surface area contributed by atoms with Crippen molar-refractivity contribution in [2.24, 2.45) is 0 Å². The van der Waals surface area contributed by atoms with Crippen molar-refractivity contribution >= 4 is 11.6 Å². The van der Waals surface area contributed by atoms with Crippen LogP contribution >= 0.6 is 0 Å². The van der Waals surface area contributed by atoms with Crippen molar-refractivity contribution in [2.75, 3.05) is 36.4 Å². The number of anilines is 2. The SMILES string of the molecule is c1cn(-c2cc(-c3ccnc(NC4CCCCC4)c3)nc(N3CCNCC3)c2)cn1. The first-order chi connectivity index (χ1) is 14.8. The summed E-state index contributed by atoms with van der Waals surface area (Å²) in [6.45, 7) is 3.89. The summed E-state index contributed by atoms with van der Waals surface area (Å²) in [4.78, 5) is 16.2. The first-order valence-corrected chi connectivity index (χ1v) is 11.0. The van der Waals surface area contributed by atoms with E-state index in [0.717, 1.165) is 54.8 Å². The topological polar surface area (TPSA) is 70.9 Å². The van der Waals surface area contributed by atoms with E-state index >= 15 is 0 Å². The number of imidazole rings is 1. The molecule has 5 rings (SSSR count). The predicted octanol–water partition coefficient (Wildman–Crippen LogP) is 3.48. The van der Waals surface area contributed by atoms with E-state index in [9.17, 15) is 0 Å². The monoisotopic (exact) mass is 403 g/mol. The number of hydrogen-bond acceptors (Lipinski definition) is 6. The van der Waals surface area contributed by atoms with E-state index in [0.29, 0.717) is 6.04 Å². The van der Waals surface area contributed by atoms with Crippen LogP contribution in [0.1, 0.15) is 32.1 Å². The minimum atomic E-state index is 0.531. The van der Waals surface area contributed by atoms with Gasteiger partial charge in [-0.1, -0.05) is 19.3 Å². The fourth-order valence-electron chi connectivity index (χ4n) is 4.39. The van der Waals surface area contributed by atoms with Crippen molar-refractivity contribution in [3.05, 3.63) is 49.2 Å². The Balaban J connectivity index is 1.48. The first kappa shape index (κ1) is 19.1. The second kappa shape index (κ2) is 8.83. The lowest BCUT2D eigenvalue weighted by atomic mass is 9.95. The zero-order valence-corrected chi connectivity index (χ0v) is 17.3. The summed E-state index contributed by atoms with van der Waals surface area (Å²) < 4.78 is 2.04. The molecule has 2 fully saturated rings. The Labute approximate surface area is 177 Å². The smallest absolute Gasteiger partial charge is 0.131 e. The van der Waals surface area contributed by atoms with E-state index < -0.39 is 0 Å². The fraction of sp³-hybridized carbons (Fsp3) is 0.435. The Morgan fingerprint density at radius 1 is 1.00 bits per heavy atom. The number of hydrogen-bond donors (Lipinski definition) is 2. The van der Waals surface area contributed by atoms with Gasteiger partial charge in [0.15, 0.2) is 0 Å². The third-order valence-corrected chi connectivity index (χ3v) is 6.05. The van der Waals surface area contributed by atoms with E-state index in [1.54, 1.807) is 0 Å². The summed E-state index contributed by atoms with van der Waals surface area (Å²) in [7, 11) is 0. The third kappa shape index (κ3) is 4.31. The molecule has 1 aliphatic heterocycles. The summed E-state index contributed by atoms with van der Waals surface area (Å²) in [5.74, 6) is 1.95. The number of pyridine rings is 2. The maximum atomic E-state index is 5.03. The molecule has 1 saturated carbocycles. The van der Waals surface area contributed by atoms with E-state index in [4.69, 9.17) is 4.98 Å². The van der Waals surface area contributed by atoms with Gasteiger partial charge in [0.2, 0.25) is 0 Å². The number of nitrogens with one attached hydrogen (secondary N) is 2. The van der Waals surface area contributed by atoms with Crippen molar-refractivity contribution in [1.29, 1.82) is 0 Å². The zero-order valence-electron chi connectivity index (χ0n) is 17.3. The molecule has 0 spiro atoms. The van der Waals surface area contributed by atoms with Gasteiger partial charge >= 0.3 is 0 Å². The average molecular weight is 404 g/mol. The molecule has 0 radical (unpaired) electrons. The summed E-state index contributed by atoms with van der Waals surface area (Å²) >= 11 is 0. The van der Waals surface area contributed by atoms with Gasteiger partial charge in [-0.3, -0.25) is 0 Å². The molecule has 0 amide bonds. The maximum Gasteiger partial charge on any atom is 0.131 e. The lowest BCUT2D eigenvalue weighted by Crippen LogP contribution is -2.43. The molecule has 3 aromatic heterocycles. The molecule has 7 heteroatoms. The van der Waals surface area contributed by atoms with E-state index in [1.807, 2.05) is 35.6 Å². The molecule has 0 atom stereocenters. The second-order valence-corrected chi connectivity index (χ2v) is 8.18. The van der Waals surface area contributed by atoms with Gasteiger partial charge < -0.3 is 20.1 Å². The summed E-state index contributed by atoms with van der Waals surface area (Å²) in [5, 5.41) is 7.06. The molecule has 3 aromatic rings. The number of piperazine rings is 1. The molecular weight excluding hydrogens is 374 g/mol. The van der Waals surface area contributed by atoms with Gasteiger partial charge in [-0.05, 0) is 31.0 Å². The highest BCUT2D eigenvalue weighted by atomic mass is 15.2. The summed E-state index contributed by atoms with van der Waals surface area (Å²) in [5.41, 5.74) is 3.12. The summed E-state index contributed by atoms with van der Waals surface area (Å²) in [6, 6.07) is 9.00. The highest BCUT2D eigenvalue weighted by molar-refractivity contribution is 5.68. The number of aromatic nitrogens is 4. The predicted molar refractivity (Wildman–Crippen MR) is 120 cm³/mol. The van der Waals surface area contributed by atoms with Crippen molar-refractivity contribution in [3.63, 3.8) is 0 Å². The van der Waals surface area contributed by atoms with Crippen LogP contribution in [-0.4, -0.2) is 51.7 Å².